The number of fused-ring (bicyclic) bond motifs is 1. The van der Waals surface area contributed by atoms with Gasteiger partial charge in [0.25, 0.3) is 5.91 Å². The number of benzene rings is 1. The van der Waals surface area contributed by atoms with Crippen LogP contribution in [0.2, 0.25) is 0 Å². The molecule has 0 spiro atoms. The average Bonchev–Trinajstić information content (AvgIpc) is 3.13. The summed E-state index contributed by atoms with van der Waals surface area (Å²) in [4.78, 5) is 35.4. The zero-order valence-corrected chi connectivity index (χ0v) is 14.8. The monoisotopic (exact) mass is 396 g/mol. The second kappa shape index (κ2) is 7.30. The summed E-state index contributed by atoms with van der Waals surface area (Å²) in [5.41, 5.74) is -0.0820. The normalized spacial score (nSPS) is 17.2. The largest absolute Gasteiger partial charge is 0.481 e. The molecule has 11 heteroatoms. The van der Waals surface area contributed by atoms with Gasteiger partial charge in [0.05, 0.1) is 15.4 Å². The first-order chi connectivity index (χ1) is 12.4. The minimum absolute atomic E-state index is 0.0284. The predicted molar refractivity (Wildman–Crippen MR) is 96.0 cm³/mol. The van der Waals surface area contributed by atoms with Crippen LogP contribution in [-0.2, 0) is 9.59 Å². The molecule has 26 heavy (non-hydrogen) atoms. The summed E-state index contributed by atoms with van der Waals surface area (Å²) >= 11 is 6.17. The van der Waals surface area contributed by atoms with Gasteiger partial charge in [-0.2, -0.15) is 0 Å². The summed E-state index contributed by atoms with van der Waals surface area (Å²) in [7, 11) is 0. The number of nitro groups is 1. The number of carboxylic acid groups (broad SMARTS) is 1. The number of thioether (sulfide) groups is 1. The van der Waals surface area contributed by atoms with E-state index >= 15 is 0 Å². The second-order valence-corrected chi connectivity index (χ2v) is 7.00. The summed E-state index contributed by atoms with van der Waals surface area (Å²) in [6.45, 7) is 0.0723. The molecule has 136 valence electrons. The molecule has 0 unspecified atom stereocenters. The molecule has 0 radical (unpaired) electrons. The maximum Gasteiger partial charge on any atom is 0.322 e. The van der Waals surface area contributed by atoms with Crippen LogP contribution in [0.15, 0.2) is 17.0 Å². The van der Waals surface area contributed by atoms with Gasteiger partial charge in [-0.3, -0.25) is 24.6 Å². The molecule has 9 nitrogen and oxygen atoms in total. The van der Waals surface area contributed by atoms with Crippen molar-refractivity contribution in [3.8, 4) is 11.5 Å². The molecule has 1 amide bonds. The van der Waals surface area contributed by atoms with Crippen LogP contribution < -0.4 is 9.47 Å². The number of hydrogen-bond acceptors (Lipinski definition) is 8. The summed E-state index contributed by atoms with van der Waals surface area (Å²) in [5.74, 6) is -1.06. The lowest BCUT2D eigenvalue weighted by Crippen LogP contribution is -2.29. The van der Waals surface area contributed by atoms with E-state index in [1.807, 2.05) is 0 Å². The van der Waals surface area contributed by atoms with Gasteiger partial charge in [0.2, 0.25) is 12.5 Å². The van der Waals surface area contributed by atoms with Crippen LogP contribution in [0.25, 0.3) is 6.08 Å². The first kappa shape index (κ1) is 18.1. The fourth-order valence-corrected chi connectivity index (χ4v) is 3.80. The van der Waals surface area contributed by atoms with Gasteiger partial charge in [-0.25, -0.2) is 0 Å². The number of carbonyl (C=O) groups excluding carboxylic acids is 1. The molecule has 1 fully saturated rings. The highest BCUT2D eigenvalue weighted by Crippen LogP contribution is 2.44. The SMILES string of the molecule is O=C(O)CCCN1C(=O)C(=Cc2ccc3c(c2[N+](=O)[O-])OCO3)SC1=S. The number of hydrogen-bond donors (Lipinski definition) is 1. The Bertz CT molecular complexity index is 853. The summed E-state index contributed by atoms with van der Waals surface area (Å²) in [6, 6.07) is 3.01. The molecule has 0 bridgehead atoms. The van der Waals surface area contributed by atoms with Gasteiger partial charge in [-0.15, -0.1) is 0 Å². The summed E-state index contributed by atoms with van der Waals surface area (Å²) in [6.07, 6.45) is 1.57. The first-order valence-electron chi connectivity index (χ1n) is 7.42. The van der Waals surface area contributed by atoms with Crippen molar-refractivity contribution in [3.05, 3.63) is 32.7 Å². The highest BCUT2D eigenvalue weighted by atomic mass is 32.2. The Hall–Kier alpha value is -2.66. The highest BCUT2D eigenvalue weighted by Gasteiger charge is 2.34. The molecule has 1 aromatic rings. The number of nitrogens with zero attached hydrogens (tertiary/aromatic N) is 2. The Morgan fingerprint density at radius 2 is 2.23 bits per heavy atom. The molecular weight excluding hydrogens is 384 g/mol. The van der Waals surface area contributed by atoms with E-state index in [0.717, 1.165) is 11.8 Å². The first-order valence-corrected chi connectivity index (χ1v) is 8.65. The predicted octanol–water partition coefficient (Wildman–Crippen LogP) is 2.39. The van der Waals surface area contributed by atoms with Crippen molar-refractivity contribution in [2.45, 2.75) is 12.8 Å². The van der Waals surface area contributed by atoms with Crippen molar-refractivity contribution < 1.29 is 29.1 Å². The standard InChI is InChI=1S/C15H12N2O7S2/c18-11(19)2-1-5-16-14(20)10(26-15(16)25)6-8-3-4-9-13(24-7-23-9)12(8)17(21)22/h3-4,6H,1-2,5,7H2,(H,18,19). The zero-order valence-electron chi connectivity index (χ0n) is 13.2. The molecule has 2 aliphatic heterocycles. The van der Waals surface area contributed by atoms with E-state index in [-0.39, 0.29) is 58.2 Å². The summed E-state index contributed by atoms with van der Waals surface area (Å²) < 4.78 is 10.6. The number of carbonyl (C=O) groups is 2. The topological polar surface area (TPSA) is 119 Å². The Balaban J connectivity index is 1.87. The minimum Gasteiger partial charge on any atom is -0.481 e. The second-order valence-electron chi connectivity index (χ2n) is 5.32. The average molecular weight is 396 g/mol. The molecule has 2 aliphatic rings. The molecule has 1 saturated heterocycles. The molecule has 1 N–H and O–H groups in total. The van der Waals surface area contributed by atoms with Crippen molar-refractivity contribution in [2.75, 3.05) is 13.3 Å². The lowest BCUT2D eigenvalue weighted by molar-refractivity contribution is -0.385. The third-order valence-corrected chi connectivity index (χ3v) is 5.04. The van der Waals surface area contributed by atoms with E-state index in [1.165, 1.54) is 23.1 Å². The van der Waals surface area contributed by atoms with Crippen LogP contribution in [0.1, 0.15) is 18.4 Å². The van der Waals surface area contributed by atoms with Crippen LogP contribution in [0.4, 0.5) is 5.69 Å². The third-order valence-electron chi connectivity index (χ3n) is 3.66. The van der Waals surface area contributed by atoms with E-state index in [4.69, 9.17) is 26.8 Å². The van der Waals surface area contributed by atoms with Crippen molar-refractivity contribution in [2.24, 2.45) is 0 Å². The Labute approximate surface area is 156 Å². The number of carboxylic acids is 1. The van der Waals surface area contributed by atoms with Crippen LogP contribution >= 0.6 is 24.0 Å². The molecule has 2 heterocycles. The van der Waals surface area contributed by atoms with Crippen LogP contribution in [0.5, 0.6) is 11.5 Å². The van der Waals surface area contributed by atoms with Crippen LogP contribution in [0.3, 0.4) is 0 Å². The number of thiocarbonyl (C=S) groups is 1. The van der Waals surface area contributed by atoms with E-state index in [2.05, 4.69) is 0 Å². The number of aliphatic carboxylic acids is 1. The number of rotatable bonds is 6. The smallest absolute Gasteiger partial charge is 0.322 e. The Kier molecular flexibility index (Phi) is 5.09. The van der Waals surface area contributed by atoms with Gasteiger partial charge in [0, 0.05) is 13.0 Å². The van der Waals surface area contributed by atoms with Gasteiger partial charge >= 0.3 is 11.7 Å². The number of amides is 1. The number of ether oxygens (including phenoxy) is 2. The van der Waals surface area contributed by atoms with Gasteiger partial charge in [0.1, 0.15) is 4.32 Å². The molecular formula is C15H12N2O7S2. The Morgan fingerprint density at radius 1 is 1.46 bits per heavy atom. The minimum atomic E-state index is -0.957. The highest BCUT2D eigenvalue weighted by molar-refractivity contribution is 8.26. The third kappa shape index (κ3) is 3.48. The fraction of sp³-hybridized carbons (Fsp3) is 0.267. The van der Waals surface area contributed by atoms with E-state index in [9.17, 15) is 19.7 Å². The van der Waals surface area contributed by atoms with Crippen molar-refractivity contribution in [3.63, 3.8) is 0 Å². The lowest BCUT2D eigenvalue weighted by atomic mass is 10.1. The fourth-order valence-electron chi connectivity index (χ4n) is 2.50. The lowest BCUT2D eigenvalue weighted by Gasteiger charge is -2.13. The van der Waals surface area contributed by atoms with Gasteiger partial charge in [-0.05, 0) is 24.6 Å². The maximum absolute atomic E-state index is 12.5. The van der Waals surface area contributed by atoms with Gasteiger partial charge < -0.3 is 14.6 Å². The van der Waals surface area contributed by atoms with Crippen molar-refractivity contribution >= 4 is 51.9 Å². The molecule has 0 aliphatic carbocycles. The van der Waals surface area contributed by atoms with Crippen LogP contribution in [0, 0.1) is 10.1 Å². The molecule has 0 atom stereocenters. The quantitative estimate of drug-likeness (QED) is 0.334. The molecule has 3 rings (SSSR count). The zero-order chi connectivity index (χ0) is 18.8. The van der Waals surface area contributed by atoms with Crippen molar-refractivity contribution in [1.29, 1.82) is 0 Å². The van der Waals surface area contributed by atoms with E-state index in [0.29, 0.717) is 0 Å². The van der Waals surface area contributed by atoms with Gasteiger partial charge in [0.15, 0.2) is 5.75 Å². The molecule has 1 aromatic carbocycles. The van der Waals surface area contributed by atoms with Crippen molar-refractivity contribution in [1.82, 2.24) is 4.90 Å². The molecule has 0 aromatic heterocycles. The number of nitro benzene ring substituents is 1. The summed E-state index contributed by atoms with van der Waals surface area (Å²) in [5, 5.41) is 20.1. The van der Waals surface area contributed by atoms with E-state index in [1.54, 1.807) is 0 Å². The van der Waals surface area contributed by atoms with Crippen LogP contribution in [-0.4, -0.2) is 44.5 Å². The Morgan fingerprint density at radius 3 is 2.92 bits per heavy atom. The van der Waals surface area contributed by atoms with Gasteiger partial charge in [-0.1, -0.05) is 24.0 Å². The maximum atomic E-state index is 12.5. The molecule has 0 saturated carbocycles. The van der Waals surface area contributed by atoms with E-state index < -0.39 is 16.8 Å².